The molecule has 0 saturated carbocycles. The summed E-state index contributed by atoms with van der Waals surface area (Å²) in [6.45, 7) is 0. The molecule has 0 aliphatic heterocycles. The van der Waals surface area contributed by atoms with Crippen LogP contribution in [0.5, 0.6) is 0 Å². The monoisotopic (exact) mass is 440 g/mol. The summed E-state index contributed by atoms with van der Waals surface area (Å²) in [6, 6.07) is 4.41. The highest BCUT2D eigenvalue weighted by atomic mass is 32.2. The normalized spacial score (nSPS) is 12.8. The number of rotatable bonds is 5. The van der Waals surface area contributed by atoms with Gasteiger partial charge in [0.15, 0.2) is 9.84 Å². The predicted molar refractivity (Wildman–Crippen MR) is 90.9 cm³/mol. The van der Waals surface area contributed by atoms with E-state index in [2.05, 4.69) is 0 Å². The molecule has 0 aromatic heterocycles. The molecule has 0 spiro atoms. The Labute approximate surface area is 161 Å². The summed E-state index contributed by atoms with van der Waals surface area (Å²) in [4.78, 5) is 9.79. The Morgan fingerprint density at radius 3 is 2.07 bits per heavy atom. The molecule has 0 aliphatic rings. The van der Waals surface area contributed by atoms with Crippen LogP contribution in [0, 0.1) is 0 Å². The maximum atomic E-state index is 13.4. The van der Waals surface area contributed by atoms with Crippen LogP contribution in [-0.2, 0) is 33.4 Å². The van der Waals surface area contributed by atoms with Crippen molar-refractivity contribution in [1.82, 2.24) is 0 Å². The van der Waals surface area contributed by atoms with Crippen molar-refractivity contribution in [2.45, 2.75) is 30.1 Å². The van der Waals surface area contributed by atoms with Crippen LogP contribution in [0.25, 0.3) is 11.1 Å². The SMILES string of the molecule is CS(=O)(=O)c1ccc(-c2cc(C(F)(F)F)ccc2CCC(=O)O)cc1C(F)(F)F. The van der Waals surface area contributed by atoms with E-state index in [0.29, 0.717) is 30.5 Å². The van der Waals surface area contributed by atoms with E-state index in [-0.39, 0.29) is 23.1 Å². The summed E-state index contributed by atoms with van der Waals surface area (Å²) in [5, 5.41) is 8.80. The first-order valence-corrected chi connectivity index (χ1v) is 9.83. The summed E-state index contributed by atoms with van der Waals surface area (Å²) in [6.07, 6.45) is -9.94. The quantitative estimate of drug-likeness (QED) is 0.678. The molecule has 158 valence electrons. The number of carbonyl (C=O) groups is 1. The van der Waals surface area contributed by atoms with E-state index in [1.807, 2.05) is 0 Å². The van der Waals surface area contributed by atoms with Crippen LogP contribution in [0.1, 0.15) is 23.1 Å². The van der Waals surface area contributed by atoms with E-state index < -0.39 is 50.6 Å². The van der Waals surface area contributed by atoms with Gasteiger partial charge in [-0.05, 0) is 47.4 Å². The van der Waals surface area contributed by atoms with Crippen molar-refractivity contribution in [1.29, 1.82) is 0 Å². The Bertz CT molecular complexity index is 1040. The molecule has 0 fully saturated rings. The van der Waals surface area contributed by atoms with Gasteiger partial charge in [-0.15, -0.1) is 0 Å². The van der Waals surface area contributed by atoms with Crippen molar-refractivity contribution >= 4 is 15.8 Å². The molecule has 4 nitrogen and oxygen atoms in total. The molecule has 0 atom stereocenters. The van der Waals surface area contributed by atoms with E-state index in [9.17, 15) is 39.6 Å². The smallest absolute Gasteiger partial charge is 0.417 e. The minimum atomic E-state index is -5.07. The molecule has 2 aromatic rings. The minimum absolute atomic E-state index is 0.0839. The highest BCUT2D eigenvalue weighted by Crippen LogP contribution is 2.39. The van der Waals surface area contributed by atoms with Gasteiger partial charge in [0.1, 0.15) is 0 Å². The largest absolute Gasteiger partial charge is 0.481 e. The van der Waals surface area contributed by atoms with E-state index in [1.54, 1.807) is 0 Å². The van der Waals surface area contributed by atoms with Gasteiger partial charge in [-0.3, -0.25) is 4.79 Å². The maximum Gasteiger partial charge on any atom is 0.417 e. The van der Waals surface area contributed by atoms with Crippen molar-refractivity contribution in [3.63, 3.8) is 0 Å². The maximum absolute atomic E-state index is 13.4. The van der Waals surface area contributed by atoms with Gasteiger partial charge in [0, 0.05) is 12.7 Å². The third kappa shape index (κ3) is 5.49. The van der Waals surface area contributed by atoms with Crippen molar-refractivity contribution < 1.29 is 44.7 Å². The molecule has 2 rings (SSSR count). The van der Waals surface area contributed by atoms with Gasteiger partial charge < -0.3 is 5.11 Å². The molecule has 1 N–H and O–H groups in total. The molecule has 2 aromatic carbocycles. The number of hydrogen-bond acceptors (Lipinski definition) is 3. The number of carboxylic acids is 1. The summed E-state index contributed by atoms with van der Waals surface area (Å²) >= 11 is 0. The van der Waals surface area contributed by atoms with Crippen molar-refractivity contribution in [2.75, 3.05) is 6.26 Å². The van der Waals surface area contributed by atoms with Crippen LogP contribution in [0.2, 0.25) is 0 Å². The average molecular weight is 440 g/mol. The second-order valence-electron chi connectivity index (χ2n) is 6.24. The van der Waals surface area contributed by atoms with Crippen molar-refractivity contribution in [2.24, 2.45) is 0 Å². The number of aliphatic carboxylic acids is 1. The van der Waals surface area contributed by atoms with E-state index in [4.69, 9.17) is 5.11 Å². The van der Waals surface area contributed by atoms with E-state index in [0.717, 1.165) is 12.1 Å². The van der Waals surface area contributed by atoms with Gasteiger partial charge in [0.05, 0.1) is 16.0 Å². The lowest BCUT2D eigenvalue weighted by Gasteiger charge is -2.17. The first-order chi connectivity index (χ1) is 13.1. The Balaban J connectivity index is 2.75. The molecule has 0 aliphatic carbocycles. The Morgan fingerprint density at radius 1 is 0.966 bits per heavy atom. The standard InChI is InChI=1S/C18H14F6O4S/c1-29(27,28)15-6-3-11(8-14(15)18(22,23)24)13-9-12(17(19,20)21)5-2-10(13)4-7-16(25)26/h2-3,5-6,8-9H,4,7H2,1H3,(H,25,26). The van der Waals surface area contributed by atoms with E-state index in [1.165, 1.54) is 0 Å². The number of alkyl halides is 6. The zero-order chi connectivity index (χ0) is 22.2. The minimum Gasteiger partial charge on any atom is -0.481 e. The zero-order valence-electron chi connectivity index (χ0n) is 14.7. The number of aryl methyl sites for hydroxylation is 1. The van der Waals surface area contributed by atoms with Crippen LogP contribution >= 0.6 is 0 Å². The number of benzene rings is 2. The number of hydrogen-bond donors (Lipinski definition) is 1. The van der Waals surface area contributed by atoms with Gasteiger partial charge in [0.25, 0.3) is 0 Å². The molecule has 0 unspecified atom stereocenters. The molecule has 0 radical (unpaired) electrons. The first-order valence-electron chi connectivity index (χ1n) is 7.94. The highest BCUT2D eigenvalue weighted by Gasteiger charge is 2.37. The molecule has 0 amide bonds. The molecular weight excluding hydrogens is 426 g/mol. The first kappa shape index (κ1) is 22.7. The lowest BCUT2D eigenvalue weighted by Crippen LogP contribution is -2.13. The molecular formula is C18H14F6O4S. The van der Waals surface area contributed by atoms with Crippen LogP contribution in [-0.4, -0.2) is 25.7 Å². The van der Waals surface area contributed by atoms with Crippen molar-refractivity contribution in [3.05, 3.63) is 53.1 Å². The van der Waals surface area contributed by atoms with Crippen LogP contribution in [0.3, 0.4) is 0 Å². The summed E-state index contributed by atoms with van der Waals surface area (Å²) in [5.41, 5.74) is -3.13. The van der Waals surface area contributed by atoms with E-state index >= 15 is 0 Å². The topological polar surface area (TPSA) is 71.4 Å². The Hall–Kier alpha value is -2.56. The molecule has 11 heteroatoms. The van der Waals surface area contributed by atoms with Crippen LogP contribution < -0.4 is 0 Å². The van der Waals surface area contributed by atoms with Gasteiger partial charge in [-0.2, -0.15) is 26.3 Å². The molecule has 29 heavy (non-hydrogen) atoms. The fourth-order valence-electron chi connectivity index (χ4n) is 2.72. The number of sulfone groups is 1. The highest BCUT2D eigenvalue weighted by molar-refractivity contribution is 7.90. The summed E-state index contributed by atoms with van der Waals surface area (Å²) in [5.74, 6) is -1.24. The number of carboxylic acid groups (broad SMARTS) is 1. The predicted octanol–water partition coefficient (Wildman–Crippen LogP) is 4.81. The lowest BCUT2D eigenvalue weighted by atomic mass is 9.93. The van der Waals surface area contributed by atoms with Gasteiger partial charge >= 0.3 is 18.3 Å². The van der Waals surface area contributed by atoms with Gasteiger partial charge in [-0.25, -0.2) is 8.42 Å². The van der Waals surface area contributed by atoms with Gasteiger partial charge in [-0.1, -0.05) is 12.1 Å². The second-order valence-corrected chi connectivity index (χ2v) is 8.23. The van der Waals surface area contributed by atoms with Crippen LogP contribution in [0.4, 0.5) is 26.3 Å². The van der Waals surface area contributed by atoms with Gasteiger partial charge in [0.2, 0.25) is 0 Å². The second kappa shape index (κ2) is 7.69. The molecule has 0 saturated heterocycles. The van der Waals surface area contributed by atoms with Crippen molar-refractivity contribution in [3.8, 4) is 11.1 Å². The van der Waals surface area contributed by atoms with Crippen LogP contribution in [0.15, 0.2) is 41.3 Å². The Kier molecular flexibility index (Phi) is 6.03. The lowest BCUT2D eigenvalue weighted by molar-refractivity contribution is -0.140. The molecule has 0 heterocycles. The third-order valence-corrected chi connectivity index (χ3v) is 5.20. The average Bonchev–Trinajstić information content (AvgIpc) is 2.57. The summed E-state index contributed by atoms with van der Waals surface area (Å²) in [7, 11) is -4.26. The molecule has 0 bridgehead atoms. The number of halogens is 6. The third-order valence-electron chi connectivity index (χ3n) is 4.04. The Morgan fingerprint density at radius 2 is 1.59 bits per heavy atom. The fraction of sp³-hybridized carbons (Fsp3) is 0.278. The fourth-order valence-corrected chi connectivity index (χ4v) is 3.61. The zero-order valence-corrected chi connectivity index (χ0v) is 15.5. The summed E-state index contributed by atoms with van der Waals surface area (Å²) < 4.78 is 103.